The number of pyridine rings is 1. The van der Waals surface area contributed by atoms with Gasteiger partial charge in [-0.1, -0.05) is 12.1 Å². The molecule has 1 aliphatic rings. The fourth-order valence-corrected chi connectivity index (χ4v) is 4.71. The zero-order chi connectivity index (χ0) is 24.2. The maximum Gasteiger partial charge on any atom is 0.293 e. The number of nitro groups is 1. The van der Waals surface area contributed by atoms with E-state index in [-0.39, 0.29) is 11.3 Å². The first-order valence-electron chi connectivity index (χ1n) is 11.0. The first kappa shape index (κ1) is 22.6. The number of morpholine rings is 1. The van der Waals surface area contributed by atoms with E-state index in [9.17, 15) is 14.9 Å². The number of carbonyl (C=O) groups is 1. The fourth-order valence-electron chi connectivity index (χ4n) is 3.88. The topological polar surface area (TPSA) is 110 Å². The second kappa shape index (κ2) is 10.00. The smallest absolute Gasteiger partial charge is 0.293 e. The molecule has 5 rings (SSSR count). The molecule has 2 aromatic heterocycles. The Kier molecular flexibility index (Phi) is 6.47. The van der Waals surface area contributed by atoms with Crippen LogP contribution in [-0.2, 0) is 4.74 Å². The number of benzene rings is 2. The van der Waals surface area contributed by atoms with Crippen molar-refractivity contribution in [1.82, 2.24) is 9.97 Å². The van der Waals surface area contributed by atoms with Gasteiger partial charge in [-0.25, -0.2) is 4.98 Å². The molecule has 1 N–H and O–H groups in total. The van der Waals surface area contributed by atoms with E-state index >= 15 is 0 Å². The predicted octanol–water partition coefficient (Wildman–Crippen LogP) is 4.87. The van der Waals surface area contributed by atoms with E-state index in [1.165, 1.54) is 17.4 Å². The van der Waals surface area contributed by atoms with Crippen LogP contribution in [-0.4, -0.2) is 47.1 Å². The van der Waals surface area contributed by atoms with Crippen LogP contribution in [0.4, 0.5) is 17.1 Å². The van der Waals surface area contributed by atoms with Crippen LogP contribution < -0.4 is 10.2 Å². The van der Waals surface area contributed by atoms with Crippen molar-refractivity contribution in [3.8, 4) is 21.8 Å². The lowest BCUT2D eigenvalue weighted by Crippen LogP contribution is -2.36. The Morgan fingerprint density at radius 2 is 1.86 bits per heavy atom. The van der Waals surface area contributed by atoms with Crippen LogP contribution in [0.3, 0.4) is 0 Å². The minimum absolute atomic E-state index is 0.0978. The summed E-state index contributed by atoms with van der Waals surface area (Å²) in [4.78, 5) is 34.8. The first-order valence-corrected chi connectivity index (χ1v) is 11.9. The molecule has 0 unspecified atom stereocenters. The van der Waals surface area contributed by atoms with Gasteiger partial charge in [0.05, 0.1) is 23.8 Å². The molecule has 2 aromatic carbocycles. The molecule has 1 fully saturated rings. The Hall–Kier alpha value is -4.15. The van der Waals surface area contributed by atoms with Crippen LogP contribution >= 0.6 is 11.3 Å². The summed E-state index contributed by atoms with van der Waals surface area (Å²) in [7, 11) is 0. The number of nitrogens with one attached hydrogen (secondary N) is 1. The third-order valence-corrected chi connectivity index (χ3v) is 6.53. The van der Waals surface area contributed by atoms with Crippen molar-refractivity contribution in [1.29, 1.82) is 0 Å². The molecule has 3 heterocycles. The van der Waals surface area contributed by atoms with Crippen LogP contribution in [0.2, 0.25) is 0 Å². The maximum atomic E-state index is 12.9. The SMILES string of the molecule is O=C(Nc1cccc(-c2csc(-c3ccncc3)n2)c1)c1ccc(N2CCOCC2)c([N+](=O)[O-])c1. The molecular formula is C25H21N5O4S. The largest absolute Gasteiger partial charge is 0.378 e. The number of amides is 1. The summed E-state index contributed by atoms with van der Waals surface area (Å²) in [6.07, 6.45) is 3.45. The van der Waals surface area contributed by atoms with Gasteiger partial charge in [-0.05, 0) is 36.4 Å². The molecule has 10 heteroatoms. The number of hydrogen-bond acceptors (Lipinski definition) is 8. The van der Waals surface area contributed by atoms with E-state index in [0.29, 0.717) is 37.7 Å². The summed E-state index contributed by atoms with van der Waals surface area (Å²) in [5, 5.41) is 17.4. The highest BCUT2D eigenvalue weighted by molar-refractivity contribution is 7.13. The Morgan fingerprint density at radius 3 is 2.63 bits per heavy atom. The minimum Gasteiger partial charge on any atom is -0.378 e. The highest BCUT2D eigenvalue weighted by Gasteiger charge is 2.23. The van der Waals surface area contributed by atoms with Crippen molar-refractivity contribution < 1.29 is 14.5 Å². The quantitative estimate of drug-likeness (QED) is 0.305. The molecule has 1 amide bonds. The third kappa shape index (κ3) is 5.03. The van der Waals surface area contributed by atoms with E-state index in [4.69, 9.17) is 9.72 Å². The van der Waals surface area contributed by atoms with E-state index in [2.05, 4.69) is 10.3 Å². The van der Waals surface area contributed by atoms with Gasteiger partial charge < -0.3 is 15.0 Å². The van der Waals surface area contributed by atoms with Gasteiger partial charge in [-0.2, -0.15) is 0 Å². The van der Waals surface area contributed by atoms with E-state index < -0.39 is 10.8 Å². The minimum atomic E-state index is -0.454. The molecule has 0 atom stereocenters. The van der Waals surface area contributed by atoms with E-state index in [1.807, 2.05) is 40.6 Å². The molecule has 4 aromatic rings. The number of ether oxygens (including phenoxy) is 1. The molecule has 0 aliphatic carbocycles. The summed E-state index contributed by atoms with van der Waals surface area (Å²) >= 11 is 1.53. The molecular weight excluding hydrogens is 466 g/mol. The van der Waals surface area contributed by atoms with Gasteiger partial charge in [0.25, 0.3) is 11.6 Å². The highest BCUT2D eigenvalue weighted by atomic mass is 32.1. The van der Waals surface area contributed by atoms with Crippen molar-refractivity contribution in [2.45, 2.75) is 0 Å². The number of nitrogens with zero attached hydrogens (tertiary/aromatic N) is 4. The van der Waals surface area contributed by atoms with E-state index in [0.717, 1.165) is 21.8 Å². The average molecular weight is 488 g/mol. The van der Waals surface area contributed by atoms with Crippen LogP contribution in [0.15, 0.2) is 72.4 Å². The Morgan fingerprint density at radius 1 is 1.06 bits per heavy atom. The number of aromatic nitrogens is 2. The van der Waals surface area contributed by atoms with Crippen molar-refractivity contribution in [3.63, 3.8) is 0 Å². The zero-order valence-corrected chi connectivity index (χ0v) is 19.4. The van der Waals surface area contributed by atoms with E-state index in [1.54, 1.807) is 30.6 Å². The average Bonchev–Trinajstić information content (AvgIpc) is 3.40. The summed E-state index contributed by atoms with van der Waals surface area (Å²) in [5.74, 6) is -0.422. The molecule has 0 spiro atoms. The van der Waals surface area contributed by atoms with Crippen molar-refractivity contribution in [2.75, 3.05) is 36.5 Å². The van der Waals surface area contributed by atoms with Gasteiger partial charge in [0.15, 0.2) is 0 Å². The number of rotatable bonds is 6. The third-order valence-electron chi connectivity index (χ3n) is 5.63. The van der Waals surface area contributed by atoms with Crippen LogP contribution in [0, 0.1) is 10.1 Å². The van der Waals surface area contributed by atoms with Crippen molar-refractivity contribution in [2.24, 2.45) is 0 Å². The second-order valence-electron chi connectivity index (χ2n) is 7.87. The lowest BCUT2D eigenvalue weighted by atomic mass is 10.1. The molecule has 0 saturated carbocycles. The van der Waals surface area contributed by atoms with Crippen LogP contribution in [0.1, 0.15) is 10.4 Å². The molecule has 1 saturated heterocycles. The lowest BCUT2D eigenvalue weighted by Gasteiger charge is -2.28. The van der Waals surface area contributed by atoms with Crippen molar-refractivity contribution in [3.05, 3.63) is 88.0 Å². The van der Waals surface area contributed by atoms with Gasteiger partial charge >= 0.3 is 0 Å². The van der Waals surface area contributed by atoms with Crippen LogP contribution in [0.5, 0.6) is 0 Å². The van der Waals surface area contributed by atoms with Crippen LogP contribution in [0.25, 0.3) is 21.8 Å². The van der Waals surface area contributed by atoms with Gasteiger partial charge in [0, 0.05) is 59.3 Å². The maximum absolute atomic E-state index is 12.9. The number of thiazole rings is 1. The predicted molar refractivity (Wildman–Crippen MR) is 135 cm³/mol. The Bertz CT molecular complexity index is 1370. The summed E-state index contributed by atoms with van der Waals surface area (Å²) < 4.78 is 5.33. The summed E-state index contributed by atoms with van der Waals surface area (Å²) in [5.41, 5.74) is 3.82. The number of hydrogen-bond donors (Lipinski definition) is 1. The first-order chi connectivity index (χ1) is 17.1. The molecule has 0 radical (unpaired) electrons. The second-order valence-corrected chi connectivity index (χ2v) is 8.73. The number of nitro benzene ring substituents is 1. The molecule has 1 aliphatic heterocycles. The molecule has 35 heavy (non-hydrogen) atoms. The lowest BCUT2D eigenvalue weighted by molar-refractivity contribution is -0.384. The molecule has 9 nitrogen and oxygen atoms in total. The van der Waals surface area contributed by atoms with Crippen molar-refractivity contribution >= 4 is 34.3 Å². The zero-order valence-electron chi connectivity index (χ0n) is 18.6. The van der Waals surface area contributed by atoms with Gasteiger partial charge in [0.1, 0.15) is 10.7 Å². The number of carbonyl (C=O) groups excluding carboxylic acids is 1. The van der Waals surface area contributed by atoms with Gasteiger partial charge in [-0.15, -0.1) is 11.3 Å². The summed E-state index contributed by atoms with van der Waals surface area (Å²) in [6, 6.07) is 15.7. The monoisotopic (exact) mass is 487 g/mol. The van der Waals surface area contributed by atoms with Gasteiger partial charge in [0.2, 0.25) is 0 Å². The number of anilines is 2. The fraction of sp³-hybridized carbons (Fsp3) is 0.160. The Balaban J connectivity index is 1.35. The molecule has 0 bridgehead atoms. The Labute approximate surface area is 205 Å². The standard InChI is InChI=1S/C25H21N5O4S/c31-24(19-4-5-22(23(15-19)30(32)33)29-10-12-34-13-11-29)27-20-3-1-2-18(14-20)21-16-35-25(28-21)17-6-8-26-9-7-17/h1-9,14-16H,10-13H2,(H,27,31). The normalized spacial score (nSPS) is 13.4. The highest BCUT2D eigenvalue weighted by Crippen LogP contribution is 2.32. The summed E-state index contributed by atoms with van der Waals surface area (Å²) in [6.45, 7) is 2.16. The van der Waals surface area contributed by atoms with Gasteiger partial charge in [-0.3, -0.25) is 19.9 Å². The molecule has 176 valence electrons.